The molecule has 1 N–H and O–H groups in total. The van der Waals surface area contributed by atoms with E-state index in [9.17, 15) is 5.11 Å². The summed E-state index contributed by atoms with van der Waals surface area (Å²) in [5, 5.41) is 10.3. The van der Waals surface area contributed by atoms with Crippen LogP contribution in [0.1, 0.15) is 62.0 Å². The van der Waals surface area contributed by atoms with E-state index in [4.69, 9.17) is 0 Å². The number of hydrogen-bond donors (Lipinski definition) is 1. The molecule has 0 heterocycles. The zero-order valence-corrected chi connectivity index (χ0v) is 11.1. The Morgan fingerprint density at radius 2 is 1.89 bits per heavy atom. The number of fused-ring (bicyclic) bond motifs is 1. The van der Waals surface area contributed by atoms with Crippen molar-refractivity contribution in [3.05, 3.63) is 35.4 Å². The van der Waals surface area contributed by atoms with E-state index < -0.39 is 0 Å². The van der Waals surface area contributed by atoms with Crippen LogP contribution in [0.25, 0.3) is 0 Å². The number of aliphatic hydroxyl groups excluding tert-OH is 1. The minimum atomic E-state index is -0.0774. The molecule has 1 fully saturated rings. The molecule has 1 aromatic carbocycles. The van der Waals surface area contributed by atoms with Gasteiger partial charge in [0.15, 0.2) is 0 Å². The molecule has 1 aromatic rings. The van der Waals surface area contributed by atoms with Crippen molar-refractivity contribution in [3.63, 3.8) is 0 Å². The van der Waals surface area contributed by atoms with Crippen LogP contribution in [0.3, 0.4) is 0 Å². The van der Waals surface area contributed by atoms with Crippen molar-refractivity contribution in [2.45, 2.75) is 63.4 Å². The lowest BCUT2D eigenvalue weighted by atomic mass is 9.76. The predicted octanol–water partition coefficient (Wildman–Crippen LogP) is 4.05. The molecule has 18 heavy (non-hydrogen) atoms. The first kappa shape index (κ1) is 12.2. The zero-order valence-electron chi connectivity index (χ0n) is 11.1. The summed E-state index contributed by atoms with van der Waals surface area (Å²) < 4.78 is 0. The van der Waals surface area contributed by atoms with Crippen molar-refractivity contribution in [1.82, 2.24) is 0 Å². The normalized spacial score (nSPS) is 25.3. The lowest BCUT2D eigenvalue weighted by Crippen LogP contribution is -2.22. The largest absolute Gasteiger partial charge is 0.393 e. The van der Waals surface area contributed by atoms with Gasteiger partial charge in [0.1, 0.15) is 0 Å². The third kappa shape index (κ3) is 2.61. The molecule has 2 aliphatic carbocycles. The number of rotatable bonds is 4. The molecule has 0 saturated heterocycles. The summed E-state index contributed by atoms with van der Waals surface area (Å²) in [6.45, 7) is 0. The van der Waals surface area contributed by atoms with Crippen LogP contribution in [0.5, 0.6) is 0 Å². The van der Waals surface area contributed by atoms with Gasteiger partial charge in [0.2, 0.25) is 0 Å². The fraction of sp³-hybridized carbons (Fsp3) is 0.647. The minimum absolute atomic E-state index is 0.0774. The van der Waals surface area contributed by atoms with Gasteiger partial charge in [0.25, 0.3) is 0 Å². The Labute approximate surface area is 110 Å². The molecule has 2 aliphatic rings. The number of aliphatic hydroxyl groups is 1. The smallest absolute Gasteiger partial charge is 0.0548 e. The lowest BCUT2D eigenvalue weighted by molar-refractivity contribution is 0.101. The molecule has 2 unspecified atom stereocenters. The molecule has 1 heteroatoms. The number of benzene rings is 1. The van der Waals surface area contributed by atoms with Crippen LogP contribution >= 0.6 is 0 Å². The van der Waals surface area contributed by atoms with Gasteiger partial charge in [0.05, 0.1) is 6.10 Å². The number of aryl methyl sites for hydroxylation is 1. The average Bonchev–Trinajstić information content (AvgIpc) is 2.34. The Morgan fingerprint density at radius 3 is 2.67 bits per heavy atom. The van der Waals surface area contributed by atoms with Crippen LogP contribution < -0.4 is 0 Å². The molecule has 0 bridgehead atoms. The van der Waals surface area contributed by atoms with Crippen molar-refractivity contribution >= 4 is 0 Å². The van der Waals surface area contributed by atoms with Crippen molar-refractivity contribution in [2.75, 3.05) is 0 Å². The molecule has 2 atom stereocenters. The molecule has 3 rings (SSSR count). The average molecular weight is 244 g/mol. The number of hydrogen-bond acceptors (Lipinski definition) is 1. The third-order valence-electron chi connectivity index (χ3n) is 4.88. The van der Waals surface area contributed by atoms with Crippen molar-refractivity contribution in [1.29, 1.82) is 0 Å². The van der Waals surface area contributed by atoms with E-state index in [2.05, 4.69) is 24.3 Å². The van der Waals surface area contributed by atoms with Gasteiger partial charge in [-0.15, -0.1) is 0 Å². The van der Waals surface area contributed by atoms with Gasteiger partial charge in [-0.25, -0.2) is 0 Å². The van der Waals surface area contributed by atoms with Crippen LogP contribution in [0.15, 0.2) is 24.3 Å². The molecular formula is C17H24O. The summed E-state index contributed by atoms with van der Waals surface area (Å²) in [7, 11) is 0. The highest BCUT2D eigenvalue weighted by atomic mass is 16.3. The van der Waals surface area contributed by atoms with Crippen molar-refractivity contribution in [3.8, 4) is 0 Å². The van der Waals surface area contributed by atoms with Crippen molar-refractivity contribution in [2.24, 2.45) is 5.92 Å². The van der Waals surface area contributed by atoms with E-state index in [0.29, 0.717) is 5.92 Å². The van der Waals surface area contributed by atoms with Gasteiger partial charge >= 0.3 is 0 Å². The molecule has 1 nitrogen and oxygen atoms in total. The summed E-state index contributed by atoms with van der Waals surface area (Å²) in [6.07, 6.45) is 9.79. The molecule has 0 amide bonds. The van der Waals surface area contributed by atoms with Gasteiger partial charge in [-0.2, -0.15) is 0 Å². The molecule has 0 radical (unpaired) electrons. The lowest BCUT2D eigenvalue weighted by Gasteiger charge is -2.31. The van der Waals surface area contributed by atoms with Crippen LogP contribution in [-0.4, -0.2) is 11.2 Å². The molecule has 0 aliphatic heterocycles. The Bertz CT molecular complexity index is 394. The second kappa shape index (κ2) is 5.44. The zero-order chi connectivity index (χ0) is 12.4. The first-order valence-corrected chi connectivity index (χ1v) is 7.59. The van der Waals surface area contributed by atoms with Crippen LogP contribution in [0, 0.1) is 5.92 Å². The quantitative estimate of drug-likeness (QED) is 0.847. The van der Waals surface area contributed by atoms with Gasteiger partial charge in [-0.3, -0.25) is 0 Å². The van der Waals surface area contributed by atoms with Crippen LogP contribution in [-0.2, 0) is 6.42 Å². The maximum absolute atomic E-state index is 10.3. The van der Waals surface area contributed by atoms with Gasteiger partial charge in [-0.1, -0.05) is 43.5 Å². The first-order chi connectivity index (χ1) is 8.83. The second-order valence-electron chi connectivity index (χ2n) is 6.21. The molecule has 0 spiro atoms. The standard InChI is InChI=1S/C17H24O/c18-16(11-13-5-3-6-13)12-15-9-4-8-14-7-1-2-10-17(14)15/h1-2,7,10,13,15-16,18H,3-6,8-9,11-12H2. The van der Waals surface area contributed by atoms with E-state index in [1.165, 1.54) is 49.7 Å². The molecular weight excluding hydrogens is 220 g/mol. The summed E-state index contributed by atoms with van der Waals surface area (Å²) in [5.41, 5.74) is 3.03. The minimum Gasteiger partial charge on any atom is -0.393 e. The summed E-state index contributed by atoms with van der Waals surface area (Å²) in [4.78, 5) is 0. The Hall–Kier alpha value is -0.820. The highest BCUT2D eigenvalue weighted by Crippen LogP contribution is 2.37. The fourth-order valence-electron chi connectivity index (χ4n) is 3.64. The molecule has 0 aromatic heterocycles. The maximum atomic E-state index is 10.3. The van der Waals surface area contributed by atoms with E-state index >= 15 is 0 Å². The van der Waals surface area contributed by atoms with Crippen LogP contribution in [0.4, 0.5) is 0 Å². The first-order valence-electron chi connectivity index (χ1n) is 7.59. The van der Waals surface area contributed by atoms with E-state index in [-0.39, 0.29) is 6.10 Å². The second-order valence-corrected chi connectivity index (χ2v) is 6.21. The van der Waals surface area contributed by atoms with Gasteiger partial charge < -0.3 is 5.11 Å². The monoisotopic (exact) mass is 244 g/mol. The van der Waals surface area contributed by atoms with E-state index in [0.717, 1.165) is 18.8 Å². The van der Waals surface area contributed by atoms with Gasteiger partial charge in [0, 0.05) is 0 Å². The highest BCUT2D eigenvalue weighted by molar-refractivity contribution is 5.32. The predicted molar refractivity (Wildman–Crippen MR) is 74.7 cm³/mol. The Morgan fingerprint density at radius 1 is 1.06 bits per heavy atom. The maximum Gasteiger partial charge on any atom is 0.0548 e. The molecule has 98 valence electrons. The molecule has 1 saturated carbocycles. The van der Waals surface area contributed by atoms with E-state index in [1.807, 2.05) is 0 Å². The summed E-state index contributed by atoms with van der Waals surface area (Å²) in [5.74, 6) is 1.42. The Balaban J connectivity index is 1.62. The Kier molecular flexibility index (Phi) is 3.69. The highest BCUT2D eigenvalue weighted by Gasteiger charge is 2.25. The SMILES string of the molecule is OC(CC1CCC1)CC1CCCc2ccccc21. The van der Waals surface area contributed by atoms with Crippen molar-refractivity contribution < 1.29 is 5.11 Å². The van der Waals surface area contributed by atoms with Gasteiger partial charge in [-0.05, 0) is 55.1 Å². The fourth-order valence-corrected chi connectivity index (χ4v) is 3.64. The third-order valence-corrected chi connectivity index (χ3v) is 4.88. The van der Waals surface area contributed by atoms with E-state index in [1.54, 1.807) is 0 Å². The summed E-state index contributed by atoms with van der Waals surface area (Å²) in [6, 6.07) is 8.83. The summed E-state index contributed by atoms with van der Waals surface area (Å²) >= 11 is 0. The van der Waals surface area contributed by atoms with Crippen LogP contribution in [0.2, 0.25) is 0 Å². The topological polar surface area (TPSA) is 20.2 Å².